The molecule has 22 heavy (non-hydrogen) atoms. The second kappa shape index (κ2) is 5.50. The van der Waals surface area contributed by atoms with Crippen molar-refractivity contribution in [3.63, 3.8) is 0 Å². The molecule has 0 heteroatoms. The standard InChI is InChI=1S/C22H16/c1-2-7-17(8-3-1)13-14-18-11-6-12-21-15-19-9-4-5-10-20(19)16-22(18)21/h1-16H. The number of fused-ring (bicyclic) bond motifs is 2. The average molecular weight is 280 g/mol. The highest BCUT2D eigenvalue weighted by Crippen LogP contribution is 2.26. The third kappa shape index (κ3) is 2.40. The van der Waals surface area contributed by atoms with Gasteiger partial charge in [-0.1, -0.05) is 84.9 Å². The topological polar surface area (TPSA) is 0 Å². The van der Waals surface area contributed by atoms with E-state index in [1.54, 1.807) is 0 Å². The van der Waals surface area contributed by atoms with Gasteiger partial charge in [0.2, 0.25) is 0 Å². The van der Waals surface area contributed by atoms with Crippen molar-refractivity contribution in [1.29, 1.82) is 0 Å². The van der Waals surface area contributed by atoms with Crippen LogP contribution in [0.15, 0.2) is 84.9 Å². The first-order chi connectivity index (χ1) is 10.9. The molecule has 4 rings (SSSR count). The van der Waals surface area contributed by atoms with Crippen molar-refractivity contribution >= 4 is 33.7 Å². The van der Waals surface area contributed by atoms with E-state index in [2.05, 4.69) is 91.0 Å². The molecule has 0 amide bonds. The van der Waals surface area contributed by atoms with Gasteiger partial charge in [-0.3, -0.25) is 0 Å². The number of hydrogen-bond acceptors (Lipinski definition) is 0. The van der Waals surface area contributed by atoms with Crippen molar-refractivity contribution in [2.45, 2.75) is 0 Å². The summed E-state index contributed by atoms with van der Waals surface area (Å²) in [5.74, 6) is 0. The monoisotopic (exact) mass is 280 g/mol. The van der Waals surface area contributed by atoms with Crippen molar-refractivity contribution < 1.29 is 0 Å². The molecular formula is C22H16. The summed E-state index contributed by atoms with van der Waals surface area (Å²) in [5, 5.41) is 5.16. The number of rotatable bonds is 2. The molecule has 0 fully saturated rings. The predicted molar refractivity (Wildman–Crippen MR) is 96.8 cm³/mol. The molecule has 0 atom stereocenters. The molecule has 0 saturated carbocycles. The summed E-state index contributed by atoms with van der Waals surface area (Å²) in [4.78, 5) is 0. The van der Waals surface area contributed by atoms with Gasteiger partial charge in [0.25, 0.3) is 0 Å². The SMILES string of the molecule is C(=Cc1cccc2cc3ccccc3cc12)c1ccccc1. The normalized spacial score (nSPS) is 11.5. The highest BCUT2D eigenvalue weighted by Gasteiger charge is 2.01. The summed E-state index contributed by atoms with van der Waals surface area (Å²) >= 11 is 0. The lowest BCUT2D eigenvalue weighted by Crippen LogP contribution is -1.80. The molecular weight excluding hydrogens is 264 g/mol. The fraction of sp³-hybridized carbons (Fsp3) is 0. The molecule has 0 nitrogen and oxygen atoms in total. The Morgan fingerprint density at radius 1 is 0.500 bits per heavy atom. The zero-order valence-corrected chi connectivity index (χ0v) is 12.2. The first kappa shape index (κ1) is 12.8. The zero-order chi connectivity index (χ0) is 14.8. The maximum Gasteiger partial charge on any atom is -0.0105 e. The molecule has 0 radical (unpaired) electrons. The Labute approximate surface area is 130 Å². The Morgan fingerprint density at radius 2 is 1.18 bits per heavy atom. The second-order valence-electron chi connectivity index (χ2n) is 5.51. The molecule has 0 spiro atoms. The fourth-order valence-electron chi connectivity index (χ4n) is 2.89. The highest BCUT2D eigenvalue weighted by molar-refractivity contribution is 6.02. The van der Waals surface area contributed by atoms with Gasteiger partial charge in [0.05, 0.1) is 0 Å². The molecule has 4 aromatic carbocycles. The van der Waals surface area contributed by atoms with Gasteiger partial charge >= 0.3 is 0 Å². The minimum atomic E-state index is 1.22. The van der Waals surface area contributed by atoms with Crippen LogP contribution in [0.2, 0.25) is 0 Å². The lowest BCUT2D eigenvalue weighted by Gasteiger charge is -2.05. The van der Waals surface area contributed by atoms with E-state index in [1.165, 1.54) is 32.7 Å². The summed E-state index contributed by atoms with van der Waals surface area (Å²) in [6.07, 6.45) is 4.37. The summed E-state index contributed by atoms with van der Waals surface area (Å²) in [5.41, 5.74) is 2.48. The van der Waals surface area contributed by atoms with E-state index in [4.69, 9.17) is 0 Å². The number of benzene rings is 4. The molecule has 104 valence electrons. The van der Waals surface area contributed by atoms with Crippen LogP contribution in [0.1, 0.15) is 11.1 Å². The summed E-state index contributed by atoms with van der Waals surface area (Å²) < 4.78 is 0. The van der Waals surface area contributed by atoms with Crippen LogP contribution in [0.4, 0.5) is 0 Å². The Morgan fingerprint density at radius 3 is 2.00 bits per heavy atom. The van der Waals surface area contributed by atoms with Crippen LogP contribution in [-0.2, 0) is 0 Å². The van der Waals surface area contributed by atoms with E-state index in [-0.39, 0.29) is 0 Å². The summed E-state index contributed by atoms with van der Waals surface area (Å²) in [6, 6.07) is 30.0. The van der Waals surface area contributed by atoms with E-state index >= 15 is 0 Å². The maximum atomic E-state index is 2.29. The van der Waals surface area contributed by atoms with Crippen LogP contribution < -0.4 is 0 Å². The van der Waals surface area contributed by atoms with Gasteiger partial charge in [-0.15, -0.1) is 0 Å². The van der Waals surface area contributed by atoms with Crippen molar-refractivity contribution in [3.05, 3.63) is 96.1 Å². The molecule has 0 unspecified atom stereocenters. The minimum Gasteiger partial charge on any atom is -0.0622 e. The Balaban J connectivity index is 1.87. The maximum absolute atomic E-state index is 2.29. The van der Waals surface area contributed by atoms with Gasteiger partial charge in [-0.05, 0) is 44.8 Å². The number of hydrogen-bond donors (Lipinski definition) is 0. The molecule has 0 aliphatic rings. The Kier molecular flexibility index (Phi) is 3.21. The van der Waals surface area contributed by atoms with Crippen LogP contribution in [-0.4, -0.2) is 0 Å². The van der Waals surface area contributed by atoms with Gasteiger partial charge in [0.15, 0.2) is 0 Å². The third-order valence-electron chi connectivity index (χ3n) is 4.04. The van der Waals surface area contributed by atoms with Crippen molar-refractivity contribution in [2.24, 2.45) is 0 Å². The third-order valence-corrected chi connectivity index (χ3v) is 4.04. The molecule has 0 N–H and O–H groups in total. The lowest BCUT2D eigenvalue weighted by molar-refractivity contribution is 1.66. The predicted octanol–water partition coefficient (Wildman–Crippen LogP) is 6.16. The summed E-state index contributed by atoms with van der Waals surface area (Å²) in [6.45, 7) is 0. The largest absolute Gasteiger partial charge is 0.0622 e. The molecule has 0 saturated heterocycles. The molecule has 0 aromatic heterocycles. The zero-order valence-electron chi connectivity index (χ0n) is 12.2. The van der Waals surface area contributed by atoms with Crippen molar-refractivity contribution in [2.75, 3.05) is 0 Å². The van der Waals surface area contributed by atoms with Gasteiger partial charge in [-0.25, -0.2) is 0 Å². The molecule has 0 bridgehead atoms. The summed E-state index contributed by atoms with van der Waals surface area (Å²) in [7, 11) is 0. The van der Waals surface area contributed by atoms with Gasteiger partial charge in [0.1, 0.15) is 0 Å². The van der Waals surface area contributed by atoms with E-state index in [1.807, 2.05) is 6.07 Å². The first-order valence-electron chi connectivity index (χ1n) is 7.55. The van der Waals surface area contributed by atoms with Crippen LogP contribution in [0.3, 0.4) is 0 Å². The second-order valence-corrected chi connectivity index (χ2v) is 5.51. The average Bonchev–Trinajstić information content (AvgIpc) is 2.59. The van der Waals surface area contributed by atoms with Crippen molar-refractivity contribution in [1.82, 2.24) is 0 Å². The quantitative estimate of drug-likeness (QED) is 0.304. The smallest absolute Gasteiger partial charge is 0.0105 e. The van der Waals surface area contributed by atoms with E-state index in [0.29, 0.717) is 0 Å². The van der Waals surface area contributed by atoms with E-state index < -0.39 is 0 Å². The van der Waals surface area contributed by atoms with E-state index in [9.17, 15) is 0 Å². The molecule has 0 aliphatic carbocycles. The van der Waals surface area contributed by atoms with Crippen molar-refractivity contribution in [3.8, 4) is 0 Å². The highest BCUT2D eigenvalue weighted by atomic mass is 14.0. The van der Waals surface area contributed by atoms with Gasteiger partial charge < -0.3 is 0 Å². The van der Waals surface area contributed by atoms with Crippen LogP contribution in [0, 0.1) is 0 Å². The van der Waals surface area contributed by atoms with E-state index in [0.717, 1.165) is 0 Å². The van der Waals surface area contributed by atoms with Crippen LogP contribution in [0.25, 0.3) is 33.7 Å². The van der Waals surface area contributed by atoms with Gasteiger partial charge in [0, 0.05) is 0 Å². The van der Waals surface area contributed by atoms with Crippen LogP contribution >= 0.6 is 0 Å². The Bertz CT molecular complexity index is 963. The first-order valence-corrected chi connectivity index (χ1v) is 7.55. The molecule has 0 aliphatic heterocycles. The minimum absolute atomic E-state index is 1.22. The Hall–Kier alpha value is -2.86. The molecule has 0 heterocycles. The fourth-order valence-corrected chi connectivity index (χ4v) is 2.89. The molecule has 4 aromatic rings. The van der Waals surface area contributed by atoms with Gasteiger partial charge in [-0.2, -0.15) is 0 Å². The lowest BCUT2D eigenvalue weighted by atomic mass is 9.99. The van der Waals surface area contributed by atoms with Crippen LogP contribution in [0.5, 0.6) is 0 Å².